The molecule has 0 saturated heterocycles. The molecular formula is C10H12O5S. The van der Waals surface area contributed by atoms with Crippen LogP contribution in [0.2, 0.25) is 0 Å². The van der Waals surface area contributed by atoms with E-state index >= 15 is 0 Å². The van der Waals surface area contributed by atoms with Gasteiger partial charge < -0.3 is 14.2 Å². The first kappa shape index (κ1) is 12.5. The van der Waals surface area contributed by atoms with Gasteiger partial charge in [0, 0.05) is 0 Å². The Balaban J connectivity index is 3.24. The van der Waals surface area contributed by atoms with Crippen LogP contribution < -0.4 is 0 Å². The molecule has 0 fully saturated rings. The summed E-state index contributed by atoms with van der Waals surface area (Å²) in [7, 11) is 3.07. The number of carbonyl (C=O) groups excluding carboxylic acids is 2. The fourth-order valence-electron chi connectivity index (χ4n) is 1.11. The summed E-state index contributed by atoms with van der Waals surface area (Å²) in [6.45, 7) is 0. The van der Waals surface area contributed by atoms with E-state index in [1.165, 1.54) is 21.3 Å². The van der Waals surface area contributed by atoms with E-state index in [-0.39, 0.29) is 4.86 Å². The molecule has 88 valence electrons. The summed E-state index contributed by atoms with van der Waals surface area (Å²) in [5.41, 5.74) is 0. The van der Waals surface area contributed by atoms with Crippen molar-refractivity contribution in [1.29, 1.82) is 0 Å². The van der Waals surface area contributed by atoms with Crippen molar-refractivity contribution < 1.29 is 23.8 Å². The highest BCUT2D eigenvalue weighted by molar-refractivity contribution is 8.23. The van der Waals surface area contributed by atoms with Gasteiger partial charge in [0.2, 0.25) is 0 Å². The quantitative estimate of drug-likeness (QED) is 0.417. The summed E-state index contributed by atoms with van der Waals surface area (Å²) in [4.78, 5) is 22.9. The fraction of sp³-hybridized carbons (Fsp3) is 0.300. The fourth-order valence-corrected chi connectivity index (χ4v) is 2.75. The van der Waals surface area contributed by atoms with Gasteiger partial charge in [-0.2, -0.15) is 0 Å². The lowest BCUT2D eigenvalue weighted by Gasteiger charge is -2.09. The molecule has 0 aromatic rings. The molecule has 1 heterocycles. The van der Waals surface area contributed by atoms with E-state index < -0.39 is 22.4 Å². The third-order valence-electron chi connectivity index (χ3n) is 1.83. The molecule has 0 N–H and O–H groups in total. The minimum absolute atomic E-state index is 0.0631. The first-order valence-corrected chi connectivity index (χ1v) is 5.63. The highest BCUT2D eigenvalue weighted by Crippen LogP contribution is 2.34. The van der Waals surface area contributed by atoms with Gasteiger partial charge in [0.25, 0.3) is 0 Å². The van der Waals surface area contributed by atoms with Crippen LogP contribution in [0.4, 0.5) is 0 Å². The Morgan fingerprint density at radius 1 is 1.12 bits per heavy atom. The van der Waals surface area contributed by atoms with Crippen LogP contribution in [0.5, 0.6) is 0 Å². The molecule has 0 bridgehead atoms. The van der Waals surface area contributed by atoms with E-state index in [2.05, 4.69) is 9.47 Å². The molecule has 1 aliphatic rings. The van der Waals surface area contributed by atoms with E-state index in [0.29, 0.717) is 5.09 Å². The van der Waals surface area contributed by atoms with Gasteiger partial charge in [0.05, 0.1) is 21.3 Å². The van der Waals surface area contributed by atoms with Gasteiger partial charge in [0.15, 0.2) is 9.96 Å². The van der Waals surface area contributed by atoms with Gasteiger partial charge in [-0.15, -0.1) is 0 Å². The van der Waals surface area contributed by atoms with Crippen LogP contribution in [-0.2, 0) is 23.8 Å². The zero-order chi connectivity index (χ0) is 12.1. The lowest BCUT2D eigenvalue weighted by molar-refractivity contribution is -0.137. The standard InChI is InChI=1S/C10H12O5S/c1-13-7-5-4-6-16(7)8(9(11)14-2)10(12)15-3/h4-6H,1-3H3. The molecule has 0 aromatic heterocycles. The van der Waals surface area contributed by atoms with Crippen molar-refractivity contribution in [2.24, 2.45) is 0 Å². The largest absolute Gasteiger partial charge is 0.491 e. The van der Waals surface area contributed by atoms with Crippen molar-refractivity contribution >= 4 is 27.3 Å². The van der Waals surface area contributed by atoms with E-state index in [9.17, 15) is 9.59 Å². The lowest BCUT2D eigenvalue weighted by Crippen LogP contribution is -2.26. The number of carbonyl (C=O) groups is 2. The second-order valence-corrected chi connectivity index (χ2v) is 4.43. The van der Waals surface area contributed by atoms with E-state index in [0.717, 1.165) is 0 Å². The summed E-state index contributed by atoms with van der Waals surface area (Å²) in [6.07, 6.45) is 3.41. The molecule has 6 heteroatoms. The van der Waals surface area contributed by atoms with Crippen LogP contribution in [0, 0.1) is 0 Å². The number of hydrogen-bond donors (Lipinski definition) is 0. The van der Waals surface area contributed by atoms with Crippen molar-refractivity contribution in [1.82, 2.24) is 0 Å². The molecule has 5 nitrogen and oxygen atoms in total. The molecule has 16 heavy (non-hydrogen) atoms. The molecule has 0 spiro atoms. The van der Waals surface area contributed by atoms with Gasteiger partial charge in [-0.3, -0.25) is 0 Å². The molecular weight excluding hydrogens is 232 g/mol. The Kier molecular flexibility index (Phi) is 4.30. The van der Waals surface area contributed by atoms with Crippen molar-refractivity contribution in [3.63, 3.8) is 0 Å². The lowest BCUT2D eigenvalue weighted by atomic mass is 10.4. The average Bonchev–Trinajstić information content (AvgIpc) is 2.76. The average molecular weight is 244 g/mol. The van der Waals surface area contributed by atoms with Crippen molar-refractivity contribution in [3.8, 4) is 0 Å². The van der Waals surface area contributed by atoms with Crippen LogP contribution in [0.1, 0.15) is 0 Å². The van der Waals surface area contributed by atoms with Crippen LogP contribution >= 0.6 is 10.5 Å². The Morgan fingerprint density at radius 3 is 2.12 bits per heavy atom. The Labute approximate surface area is 95.6 Å². The maximum absolute atomic E-state index is 11.5. The summed E-state index contributed by atoms with van der Waals surface area (Å²) >= 11 is 0. The first-order valence-electron chi connectivity index (χ1n) is 4.34. The second kappa shape index (κ2) is 5.50. The van der Waals surface area contributed by atoms with E-state index in [1.807, 2.05) is 0 Å². The third kappa shape index (κ3) is 2.33. The highest BCUT2D eigenvalue weighted by Gasteiger charge is 2.26. The maximum atomic E-state index is 11.5. The predicted molar refractivity (Wildman–Crippen MR) is 60.9 cm³/mol. The first-order chi connectivity index (χ1) is 7.65. The highest BCUT2D eigenvalue weighted by atomic mass is 32.2. The smallest absolute Gasteiger partial charge is 0.351 e. The monoisotopic (exact) mass is 244 g/mol. The van der Waals surface area contributed by atoms with Crippen LogP contribution in [0.25, 0.3) is 0 Å². The molecule has 0 amide bonds. The van der Waals surface area contributed by atoms with Crippen LogP contribution in [-0.4, -0.2) is 38.1 Å². The van der Waals surface area contributed by atoms with Crippen molar-refractivity contribution in [2.75, 3.05) is 21.3 Å². The van der Waals surface area contributed by atoms with Gasteiger partial charge in [0.1, 0.15) is 0 Å². The molecule has 1 rings (SSSR count). The van der Waals surface area contributed by atoms with Crippen LogP contribution in [0.15, 0.2) is 22.7 Å². The van der Waals surface area contributed by atoms with Gasteiger partial charge in [-0.1, -0.05) is 16.6 Å². The molecule has 1 atom stereocenters. The number of methoxy groups -OCH3 is 3. The molecule has 0 aliphatic carbocycles. The maximum Gasteiger partial charge on any atom is 0.351 e. The molecule has 0 saturated carbocycles. The van der Waals surface area contributed by atoms with E-state index in [1.54, 1.807) is 17.6 Å². The summed E-state index contributed by atoms with van der Waals surface area (Å²) in [5, 5.41) is 2.23. The van der Waals surface area contributed by atoms with Gasteiger partial charge in [-0.05, 0) is 11.5 Å². The van der Waals surface area contributed by atoms with E-state index in [4.69, 9.17) is 4.74 Å². The molecule has 0 radical (unpaired) electrons. The third-order valence-corrected chi connectivity index (χ3v) is 3.77. The predicted octanol–water partition coefficient (Wildman–Crippen LogP) is 0.789. The van der Waals surface area contributed by atoms with Gasteiger partial charge in [-0.25, -0.2) is 9.59 Å². The SMILES string of the molecule is COC(=O)C(C(=O)OC)=S1C=CC=C1OC. The topological polar surface area (TPSA) is 61.8 Å². The van der Waals surface area contributed by atoms with Crippen molar-refractivity contribution in [3.05, 3.63) is 22.7 Å². The zero-order valence-electron chi connectivity index (χ0n) is 9.18. The zero-order valence-corrected chi connectivity index (χ0v) is 10.00. The molecule has 1 unspecified atom stereocenters. The number of allylic oxidation sites excluding steroid dienone is 2. The Bertz CT molecular complexity index is 387. The number of esters is 2. The minimum atomic E-state index is -0.837. The second-order valence-electron chi connectivity index (χ2n) is 2.67. The number of rotatable bonds is 3. The summed E-state index contributed by atoms with van der Waals surface area (Å²) in [5.74, 6) is -1.41. The summed E-state index contributed by atoms with van der Waals surface area (Å²) in [6, 6.07) is 0. The normalized spacial score (nSPS) is 17.7. The van der Waals surface area contributed by atoms with Gasteiger partial charge >= 0.3 is 11.9 Å². The minimum Gasteiger partial charge on any atom is -0.491 e. The van der Waals surface area contributed by atoms with Crippen molar-refractivity contribution in [2.45, 2.75) is 0 Å². The number of hydrogen-bond acceptors (Lipinski definition) is 5. The summed E-state index contributed by atoms with van der Waals surface area (Å²) < 4.78 is 14.2. The number of ether oxygens (including phenoxy) is 3. The van der Waals surface area contributed by atoms with Crippen LogP contribution in [0.3, 0.4) is 0 Å². The Morgan fingerprint density at radius 2 is 1.69 bits per heavy atom. The molecule has 0 aromatic carbocycles. The Hall–Kier alpha value is -1.56. The molecule has 1 aliphatic heterocycles.